The molecule has 0 N–H and O–H groups in total. The lowest BCUT2D eigenvalue weighted by Gasteiger charge is -2.32. The van der Waals surface area contributed by atoms with Crippen LogP contribution in [0.15, 0.2) is 36.9 Å². The zero-order valence-electron chi connectivity index (χ0n) is 9.73. The molecule has 0 unspecified atom stereocenters. The Bertz CT molecular complexity index is 396. The molecular formula is C15H19N. The Morgan fingerprint density at radius 2 is 2.19 bits per heavy atom. The third-order valence-electron chi connectivity index (χ3n) is 4.19. The topological polar surface area (TPSA) is 3.24 Å². The highest BCUT2D eigenvalue weighted by atomic mass is 15.2. The molecule has 1 fully saturated rings. The van der Waals surface area contributed by atoms with Crippen molar-refractivity contribution in [2.24, 2.45) is 0 Å². The lowest BCUT2D eigenvalue weighted by atomic mass is 9.79. The van der Waals surface area contributed by atoms with Crippen molar-refractivity contribution < 1.29 is 0 Å². The molecule has 1 heteroatoms. The van der Waals surface area contributed by atoms with E-state index >= 15 is 0 Å². The van der Waals surface area contributed by atoms with Crippen molar-refractivity contribution >= 4 is 0 Å². The summed E-state index contributed by atoms with van der Waals surface area (Å²) in [6.07, 6.45) is 5.96. The molecule has 1 aromatic carbocycles. The molecule has 0 aromatic heterocycles. The Hall–Kier alpha value is -1.08. The van der Waals surface area contributed by atoms with E-state index in [1.54, 1.807) is 11.1 Å². The van der Waals surface area contributed by atoms with Crippen LogP contribution in [-0.2, 0) is 6.42 Å². The summed E-state index contributed by atoms with van der Waals surface area (Å²) < 4.78 is 0. The van der Waals surface area contributed by atoms with Gasteiger partial charge in [-0.3, -0.25) is 4.90 Å². The fourth-order valence-electron chi connectivity index (χ4n) is 3.48. The maximum absolute atomic E-state index is 3.86. The largest absolute Gasteiger partial charge is 0.296 e. The Morgan fingerprint density at radius 3 is 3.06 bits per heavy atom. The van der Waals surface area contributed by atoms with E-state index in [1.165, 1.54) is 25.8 Å². The molecule has 2 atom stereocenters. The summed E-state index contributed by atoms with van der Waals surface area (Å²) in [7, 11) is 0. The summed E-state index contributed by atoms with van der Waals surface area (Å²) in [5.41, 5.74) is 3.20. The zero-order chi connectivity index (χ0) is 11.0. The van der Waals surface area contributed by atoms with Gasteiger partial charge in [-0.05, 0) is 36.9 Å². The summed E-state index contributed by atoms with van der Waals surface area (Å²) in [5, 5.41) is 0. The minimum atomic E-state index is 0.771. The quantitative estimate of drug-likeness (QED) is 0.683. The van der Waals surface area contributed by atoms with E-state index in [1.807, 2.05) is 6.08 Å². The summed E-state index contributed by atoms with van der Waals surface area (Å²) in [6, 6.07) is 9.78. The monoisotopic (exact) mass is 213 g/mol. The fourth-order valence-corrected chi connectivity index (χ4v) is 3.48. The van der Waals surface area contributed by atoms with Crippen molar-refractivity contribution in [3.05, 3.63) is 48.0 Å². The summed E-state index contributed by atoms with van der Waals surface area (Å²) >= 11 is 0. The lowest BCUT2D eigenvalue weighted by Crippen LogP contribution is -2.35. The SMILES string of the molecule is C=CCN1CC[C@@H]2c3ccccc3CC[C@H]21. The average molecular weight is 213 g/mol. The molecule has 1 aliphatic heterocycles. The van der Waals surface area contributed by atoms with E-state index in [-0.39, 0.29) is 0 Å². The van der Waals surface area contributed by atoms with Crippen LogP contribution in [0.25, 0.3) is 0 Å². The predicted octanol–water partition coefficient (Wildman–Crippen LogP) is 2.98. The number of rotatable bonds is 2. The molecule has 0 spiro atoms. The first-order chi connectivity index (χ1) is 7.90. The maximum Gasteiger partial charge on any atom is 0.0171 e. The maximum atomic E-state index is 3.86. The van der Waals surface area contributed by atoms with Gasteiger partial charge in [-0.25, -0.2) is 0 Å². The summed E-state index contributed by atoms with van der Waals surface area (Å²) in [5.74, 6) is 0.782. The number of fused-ring (bicyclic) bond motifs is 3. The van der Waals surface area contributed by atoms with E-state index < -0.39 is 0 Å². The van der Waals surface area contributed by atoms with Gasteiger partial charge in [0.15, 0.2) is 0 Å². The molecule has 3 rings (SSSR count). The first kappa shape index (κ1) is 10.1. The third kappa shape index (κ3) is 1.51. The first-order valence-corrected chi connectivity index (χ1v) is 6.33. The molecule has 16 heavy (non-hydrogen) atoms. The molecule has 0 amide bonds. The number of likely N-dealkylation sites (tertiary alicyclic amines) is 1. The van der Waals surface area contributed by atoms with Gasteiger partial charge >= 0.3 is 0 Å². The molecule has 1 aliphatic carbocycles. The van der Waals surface area contributed by atoms with Gasteiger partial charge < -0.3 is 0 Å². The standard InChI is InChI=1S/C15H19N/c1-2-10-16-11-9-14-13-6-4-3-5-12(13)7-8-15(14)16/h2-6,14-15H,1,7-11H2/t14-,15-/m1/s1. The highest BCUT2D eigenvalue weighted by Gasteiger charge is 2.37. The first-order valence-electron chi connectivity index (χ1n) is 6.33. The van der Waals surface area contributed by atoms with Crippen LogP contribution in [0.4, 0.5) is 0 Å². The Labute approximate surface area is 97.8 Å². The minimum Gasteiger partial charge on any atom is -0.296 e. The lowest BCUT2D eigenvalue weighted by molar-refractivity contribution is 0.250. The number of hydrogen-bond acceptors (Lipinski definition) is 1. The smallest absolute Gasteiger partial charge is 0.0171 e. The number of nitrogens with zero attached hydrogens (tertiary/aromatic N) is 1. The van der Waals surface area contributed by atoms with Gasteiger partial charge in [0.2, 0.25) is 0 Å². The third-order valence-corrected chi connectivity index (χ3v) is 4.19. The van der Waals surface area contributed by atoms with Crippen LogP contribution < -0.4 is 0 Å². The minimum absolute atomic E-state index is 0.771. The second-order valence-electron chi connectivity index (χ2n) is 4.98. The van der Waals surface area contributed by atoms with E-state index in [4.69, 9.17) is 0 Å². The van der Waals surface area contributed by atoms with Crippen LogP contribution in [0, 0.1) is 0 Å². The van der Waals surface area contributed by atoms with Crippen molar-refractivity contribution in [3.8, 4) is 0 Å². The molecule has 84 valence electrons. The van der Waals surface area contributed by atoms with Gasteiger partial charge in [0.05, 0.1) is 0 Å². The van der Waals surface area contributed by atoms with Gasteiger partial charge in [-0.15, -0.1) is 6.58 Å². The number of aryl methyl sites for hydroxylation is 1. The van der Waals surface area contributed by atoms with Gasteiger partial charge in [-0.2, -0.15) is 0 Å². The van der Waals surface area contributed by atoms with E-state index in [2.05, 4.69) is 35.7 Å². The van der Waals surface area contributed by atoms with E-state index in [0.29, 0.717) is 0 Å². The molecule has 1 nitrogen and oxygen atoms in total. The van der Waals surface area contributed by atoms with Crippen molar-refractivity contribution in [2.75, 3.05) is 13.1 Å². The van der Waals surface area contributed by atoms with Crippen molar-refractivity contribution in [3.63, 3.8) is 0 Å². The zero-order valence-corrected chi connectivity index (χ0v) is 9.73. The van der Waals surface area contributed by atoms with Crippen LogP contribution in [0.5, 0.6) is 0 Å². The molecule has 1 aromatic rings. The molecular weight excluding hydrogens is 194 g/mol. The van der Waals surface area contributed by atoms with Crippen molar-refractivity contribution in [2.45, 2.75) is 31.2 Å². The molecule has 2 aliphatic rings. The number of benzene rings is 1. The predicted molar refractivity (Wildman–Crippen MR) is 67.7 cm³/mol. The Balaban J connectivity index is 1.90. The molecule has 1 heterocycles. The van der Waals surface area contributed by atoms with Gasteiger partial charge in [0, 0.05) is 18.5 Å². The molecule has 0 radical (unpaired) electrons. The van der Waals surface area contributed by atoms with Crippen molar-refractivity contribution in [1.82, 2.24) is 4.90 Å². The van der Waals surface area contributed by atoms with Crippen LogP contribution in [-0.4, -0.2) is 24.0 Å². The van der Waals surface area contributed by atoms with Gasteiger partial charge in [0.25, 0.3) is 0 Å². The molecule has 0 saturated carbocycles. The van der Waals surface area contributed by atoms with Crippen LogP contribution in [0.2, 0.25) is 0 Å². The molecule has 1 saturated heterocycles. The summed E-state index contributed by atoms with van der Waals surface area (Å²) in [4.78, 5) is 2.60. The van der Waals surface area contributed by atoms with E-state index in [9.17, 15) is 0 Å². The van der Waals surface area contributed by atoms with Crippen LogP contribution >= 0.6 is 0 Å². The second-order valence-corrected chi connectivity index (χ2v) is 4.98. The second kappa shape index (κ2) is 4.06. The summed E-state index contributed by atoms with van der Waals surface area (Å²) in [6.45, 7) is 6.17. The fraction of sp³-hybridized carbons (Fsp3) is 0.467. The molecule has 0 bridgehead atoms. The van der Waals surface area contributed by atoms with Crippen LogP contribution in [0.3, 0.4) is 0 Å². The Morgan fingerprint density at radius 1 is 1.31 bits per heavy atom. The highest BCUT2D eigenvalue weighted by molar-refractivity contribution is 5.35. The van der Waals surface area contributed by atoms with Gasteiger partial charge in [-0.1, -0.05) is 30.3 Å². The van der Waals surface area contributed by atoms with Crippen molar-refractivity contribution in [1.29, 1.82) is 0 Å². The number of hydrogen-bond donors (Lipinski definition) is 0. The normalized spacial score (nSPS) is 28.5. The van der Waals surface area contributed by atoms with Crippen LogP contribution in [0.1, 0.15) is 29.9 Å². The average Bonchev–Trinajstić information content (AvgIpc) is 2.73. The van der Waals surface area contributed by atoms with E-state index in [0.717, 1.165) is 18.5 Å². The van der Waals surface area contributed by atoms with Gasteiger partial charge in [0.1, 0.15) is 0 Å². The highest BCUT2D eigenvalue weighted by Crippen LogP contribution is 2.41. The Kier molecular flexibility index (Phi) is 2.56.